The Hall–Kier alpha value is -1.67. The Morgan fingerprint density at radius 1 is 1.11 bits per heavy atom. The number of rotatable bonds is 5. The summed E-state index contributed by atoms with van der Waals surface area (Å²) in [5.74, 6) is 0. The van der Waals surface area contributed by atoms with Gasteiger partial charge in [0.15, 0.2) is 0 Å². The summed E-state index contributed by atoms with van der Waals surface area (Å²) < 4.78 is 0. The van der Waals surface area contributed by atoms with Crippen LogP contribution in [0.3, 0.4) is 0 Å². The molecule has 1 aromatic carbocycles. The molecule has 0 fully saturated rings. The lowest BCUT2D eigenvalue weighted by molar-refractivity contribution is 0.574. The monoisotopic (exact) mass is 240 g/mol. The molecule has 2 nitrogen and oxygen atoms in total. The summed E-state index contributed by atoms with van der Waals surface area (Å²) in [4.78, 5) is 4.32. The Bertz CT molecular complexity index is 462. The van der Waals surface area contributed by atoms with Gasteiger partial charge in [-0.2, -0.15) is 0 Å². The minimum atomic E-state index is 0.384. The van der Waals surface area contributed by atoms with Crippen molar-refractivity contribution in [2.75, 3.05) is 6.54 Å². The summed E-state index contributed by atoms with van der Waals surface area (Å²) in [6, 6.07) is 15.1. The van der Waals surface area contributed by atoms with Crippen molar-refractivity contribution in [1.82, 2.24) is 10.3 Å². The highest BCUT2D eigenvalue weighted by Gasteiger charge is 2.03. The molecule has 94 valence electrons. The summed E-state index contributed by atoms with van der Waals surface area (Å²) in [7, 11) is 0. The first-order valence-electron chi connectivity index (χ1n) is 6.45. The Labute approximate surface area is 109 Å². The van der Waals surface area contributed by atoms with Crippen molar-refractivity contribution in [3.63, 3.8) is 0 Å². The first-order valence-corrected chi connectivity index (χ1v) is 6.45. The predicted octanol–water partition coefficient (Wildman–Crippen LogP) is 3.28. The fourth-order valence-electron chi connectivity index (χ4n) is 1.94. The molecule has 0 radical (unpaired) electrons. The number of pyridine rings is 1. The highest BCUT2D eigenvalue weighted by molar-refractivity contribution is 5.23. The Morgan fingerprint density at radius 2 is 1.89 bits per heavy atom. The average Bonchev–Trinajstić information content (AvgIpc) is 2.40. The molecule has 1 unspecified atom stereocenters. The fraction of sp³-hybridized carbons (Fsp3) is 0.312. The molecule has 1 atom stereocenters. The molecule has 18 heavy (non-hydrogen) atoms. The van der Waals surface area contributed by atoms with E-state index in [2.05, 4.69) is 54.5 Å². The molecule has 2 aromatic rings. The molecular formula is C16H20N2. The van der Waals surface area contributed by atoms with Crippen LogP contribution in [0, 0.1) is 6.92 Å². The number of aryl methyl sites for hydroxylation is 1. The highest BCUT2D eigenvalue weighted by Crippen LogP contribution is 2.12. The van der Waals surface area contributed by atoms with Crippen LogP contribution in [0.5, 0.6) is 0 Å². The molecule has 0 aliphatic carbocycles. The van der Waals surface area contributed by atoms with Gasteiger partial charge in [0.2, 0.25) is 0 Å². The van der Waals surface area contributed by atoms with Gasteiger partial charge in [0, 0.05) is 30.9 Å². The van der Waals surface area contributed by atoms with Gasteiger partial charge in [0.25, 0.3) is 0 Å². The summed E-state index contributed by atoms with van der Waals surface area (Å²) in [5.41, 5.74) is 3.78. The van der Waals surface area contributed by atoms with E-state index in [0.29, 0.717) is 6.04 Å². The maximum atomic E-state index is 4.32. The number of aromatic nitrogens is 1. The first kappa shape index (κ1) is 12.8. The predicted molar refractivity (Wildman–Crippen MR) is 75.5 cm³/mol. The molecule has 0 bridgehead atoms. The molecule has 1 aromatic heterocycles. The van der Waals surface area contributed by atoms with Crippen LogP contribution in [0.1, 0.15) is 29.8 Å². The van der Waals surface area contributed by atoms with Crippen molar-refractivity contribution in [3.05, 3.63) is 65.5 Å². The van der Waals surface area contributed by atoms with E-state index in [-0.39, 0.29) is 0 Å². The summed E-state index contributed by atoms with van der Waals surface area (Å²) >= 11 is 0. The first-order chi connectivity index (χ1) is 8.75. The number of nitrogens with zero attached hydrogens (tertiary/aromatic N) is 1. The van der Waals surface area contributed by atoms with Crippen LogP contribution in [0.25, 0.3) is 0 Å². The molecule has 1 heterocycles. The zero-order valence-electron chi connectivity index (χ0n) is 11.1. The van der Waals surface area contributed by atoms with E-state index < -0.39 is 0 Å². The largest absolute Gasteiger partial charge is 0.310 e. The van der Waals surface area contributed by atoms with Crippen LogP contribution in [0.2, 0.25) is 0 Å². The summed E-state index contributed by atoms with van der Waals surface area (Å²) in [6.07, 6.45) is 2.82. The van der Waals surface area contributed by atoms with Gasteiger partial charge in [0.05, 0.1) is 0 Å². The molecule has 2 rings (SSSR count). The second kappa shape index (κ2) is 6.31. The van der Waals surface area contributed by atoms with Crippen molar-refractivity contribution in [3.8, 4) is 0 Å². The van der Waals surface area contributed by atoms with Gasteiger partial charge < -0.3 is 5.32 Å². The lowest BCUT2D eigenvalue weighted by Gasteiger charge is -2.14. The van der Waals surface area contributed by atoms with E-state index in [9.17, 15) is 0 Å². The van der Waals surface area contributed by atoms with E-state index in [1.54, 1.807) is 0 Å². The number of hydrogen-bond acceptors (Lipinski definition) is 2. The third kappa shape index (κ3) is 3.67. The van der Waals surface area contributed by atoms with E-state index in [0.717, 1.165) is 18.7 Å². The average molecular weight is 240 g/mol. The molecule has 1 N–H and O–H groups in total. The quantitative estimate of drug-likeness (QED) is 0.867. The van der Waals surface area contributed by atoms with Crippen LogP contribution in [0.15, 0.2) is 48.7 Å². The second-order valence-electron chi connectivity index (χ2n) is 4.66. The number of benzene rings is 1. The van der Waals surface area contributed by atoms with Gasteiger partial charge >= 0.3 is 0 Å². The zero-order chi connectivity index (χ0) is 12.8. The van der Waals surface area contributed by atoms with Crippen LogP contribution in [-0.4, -0.2) is 11.5 Å². The molecule has 2 heteroatoms. The van der Waals surface area contributed by atoms with Crippen molar-refractivity contribution in [1.29, 1.82) is 0 Å². The molecule has 0 saturated heterocycles. The molecule has 0 aliphatic rings. The number of hydrogen-bond donors (Lipinski definition) is 1. The highest BCUT2D eigenvalue weighted by atomic mass is 14.9. The third-order valence-electron chi connectivity index (χ3n) is 3.14. The Kier molecular flexibility index (Phi) is 4.48. The van der Waals surface area contributed by atoms with Gasteiger partial charge in [-0.3, -0.25) is 4.98 Å². The van der Waals surface area contributed by atoms with Crippen molar-refractivity contribution in [2.24, 2.45) is 0 Å². The third-order valence-corrected chi connectivity index (χ3v) is 3.14. The smallest absolute Gasteiger partial charge is 0.0416 e. The van der Waals surface area contributed by atoms with E-state index >= 15 is 0 Å². The maximum absolute atomic E-state index is 4.32. The standard InChI is InChI=1S/C16H20N2/c1-13-6-8-15(9-7-13)14(2)17-12-10-16-5-3-4-11-18-16/h3-9,11,14,17H,10,12H2,1-2H3. The zero-order valence-corrected chi connectivity index (χ0v) is 11.1. The van der Waals surface area contributed by atoms with E-state index in [1.165, 1.54) is 11.1 Å². The summed E-state index contributed by atoms with van der Waals surface area (Å²) in [5, 5.41) is 3.53. The maximum Gasteiger partial charge on any atom is 0.0416 e. The number of nitrogens with one attached hydrogen (secondary N) is 1. The van der Waals surface area contributed by atoms with Crippen LogP contribution < -0.4 is 5.32 Å². The van der Waals surface area contributed by atoms with Gasteiger partial charge in [-0.1, -0.05) is 35.9 Å². The summed E-state index contributed by atoms with van der Waals surface area (Å²) in [6.45, 7) is 5.26. The topological polar surface area (TPSA) is 24.9 Å². The van der Waals surface area contributed by atoms with Crippen LogP contribution >= 0.6 is 0 Å². The van der Waals surface area contributed by atoms with Crippen molar-refractivity contribution >= 4 is 0 Å². The van der Waals surface area contributed by atoms with Crippen LogP contribution in [-0.2, 0) is 6.42 Å². The lowest BCUT2D eigenvalue weighted by Crippen LogP contribution is -2.21. The van der Waals surface area contributed by atoms with Gasteiger partial charge in [-0.15, -0.1) is 0 Å². The minimum Gasteiger partial charge on any atom is -0.310 e. The van der Waals surface area contributed by atoms with Crippen LogP contribution in [0.4, 0.5) is 0 Å². The Morgan fingerprint density at radius 3 is 2.56 bits per heavy atom. The normalized spacial score (nSPS) is 12.3. The van der Waals surface area contributed by atoms with E-state index in [1.807, 2.05) is 18.3 Å². The van der Waals surface area contributed by atoms with Crippen molar-refractivity contribution in [2.45, 2.75) is 26.3 Å². The van der Waals surface area contributed by atoms with Crippen molar-refractivity contribution < 1.29 is 0 Å². The molecule has 0 spiro atoms. The molecular weight excluding hydrogens is 220 g/mol. The molecule has 0 amide bonds. The minimum absolute atomic E-state index is 0.384. The van der Waals surface area contributed by atoms with Gasteiger partial charge in [0.1, 0.15) is 0 Å². The Balaban J connectivity index is 1.81. The molecule has 0 aliphatic heterocycles. The van der Waals surface area contributed by atoms with E-state index in [4.69, 9.17) is 0 Å². The van der Waals surface area contributed by atoms with Gasteiger partial charge in [-0.05, 0) is 31.5 Å². The SMILES string of the molecule is Cc1ccc(C(C)NCCc2ccccn2)cc1. The fourth-order valence-corrected chi connectivity index (χ4v) is 1.94. The second-order valence-corrected chi connectivity index (χ2v) is 4.66. The lowest BCUT2D eigenvalue weighted by atomic mass is 10.1. The molecule has 0 saturated carbocycles. The van der Waals surface area contributed by atoms with Gasteiger partial charge in [-0.25, -0.2) is 0 Å².